The molecule has 354 valence electrons. The average Bonchev–Trinajstić information content (AvgIpc) is 3.22. The SMILES string of the molecule is C/C=C/CC/C(C)=C/CN.C=C(C)CNCC.C=C(C)NC(=C)C.C=CCCCCCCCCCO.C=CCCCCCCCCN.C=CCN.NCCC1=CCCCC1. The molecule has 0 aliphatic heterocycles. The molecule has 1 aliphatic rings. The molecule has 11 N–H and O–H groups in total. The van der Waals surface area contributed by atoms with Crippen LogP contribution in [0.3, 0.4) is 0 Å². The Hall–Kier alpha value is -2.78. The summed E-state index contributed by atoms with van der Waals surface area (Å²) < 4.78 is 0. The molecule has 0 saturated heterocycles. The van der Waals surface area contributed by atoms with Crippen molar-refractivity contribution < 1.29 is 5.11 Å². The summed E-state index contributed by atoms with van der Waals surface area (Å²) >= 11 is 0. The monoisotopic (exact) mass is 843 g/mol. The van der Waals surface area contributed by atoms with Crippen molar-refractivity contribution in [3.8, 4) is 0 Å². The van der Waals surface area contributed by atoms with E-state index in [2.05, 4.69) is 88.3 Å². The van der Waals surface area contributed by atoms with E-state index in [1.165, 1.54) is 120 Å². The Morgan fingerprint density at radius 1 is 0.683 bits per heavy atom. The molecule has 7 heteroatoms. The Morgan fingerprint density at radius 2 is 1.18 bits per heavy atom. The van der Waals surface area contributed by atoms with Gasteiger partial charge in [0.1, 0.15) is 0 Å². The standard InChI is InChI=1S/C11H22O.C10H21N.C9H17N.C8H15N.C6H11N.C6H13N.C3H7N/c1-2-3-4-5-6-7-8-9-10-11-12;1-2-3-4-5-6-7-8-9-10-11;1-3-4-5-6-9(2)7-8-10;9-7-6-8-4-2-1-3-5-8;1-5(2)7-6(3)4;1-4-7-5-6(2)3;1-2-3-4/h2,12H,1,3-11H2;2H,1,3-11H2;3-4,7H,5-6,8,10H2,1-2H3;4H,1-3,5-7,9H2;7H,1,3H2,2,4H3;7H,2,4-5H2,1,3H3;2H,1,3-4H2/b;;4-3+,9-7+;;;;. The summed E-state index contributed by atoms with van der Waals surface area (Å²) in [5.74, 6) is 0. The number of nitrogens with one attached hydrogen (secondary N) is 2. The molecule has 60 heavy (non-hydrogen) atoms. The van der Waals surface area contributed by atoms with Crippen molar-refractivity contribution in [3.63, 3.8) is 0 Å². The number of aliphatic hydroxyl groups is 1. The molecule has 0 aromatic heterocycles. The molecular weight excluding hydrogens is 737 g/mol. The van der Waals surface area contributed by atoms with Crippen LogP contribution in [0.1, 0.15) is 183 Å². The maximum atomic E-state index is 8.53. The quantitative estimate of drug-likeness (QED) is 0.0293. The second kappa shape index (κ2) is 68.0. The molecule has 7 nitrogen and oxygen atoms in total. The van der Waals surface area contributed by atoms with Gasteiger partial charge >= 0.3 is 0 Å². The van der Waals surface area contributed by atoms with Gasteiger partial charge in [-0.25, -0.2) is 0 Å². The van der Waals surface area contributed by atoms with Crippen LogP contribution in [0.15, 0.2) is 110 Å². The fourth-order valence-corrected chi connectivity index (χ4v) is 5.23. The number of nitrogens with two attached hydrogens (primary N) is 4. The van der Waals surface area contributed by atoms with Gasteiger partial charge in [0.15, 0.2) is 0 Å². The van der Waals surface area contributed by atoms with E-state index < -0.39 is 0 Å². The van der Waals surface area contributed by atoms with Crippen LogP contribution in [0.4, 0.5) is 0 Å². The summed E-state index contributed by atoms with van der Waals surface area (Å²) in [5.41, 5.74) is 27.1. The lowest BCUT2D eigenvalue weighted by molar-refractivity contribution is 0.282. The van der Waals surface area contributed by atoms with E-state index in [4.69, 9.17) is 28.0 Å². The minimum atomic E-state index is 0.358. The van der Waals surface area contributed by atoms with Crippen LogP contribution in [0.5, 0.6) is 0 Å². The molecule has 0 bridgehead atoms. The number of allylic oxidation sites excluding steroid dienone is 8. The van der Waals surface area contributed by atoms with E-state index in [0.29, 0.717) is 19.7 Å². The highest BCUT2D eigenvalue weighted by Gasteiger charge is 2.00. The largest absolute Gasteiger partial charge is 0.396 e. The molecule has 1 aliphatic carbocycles. The Bertz CT molecular complexity index is 985. The highest BCUT2D eigenvalue weighted by Crippen LogP contribution is 2.19. The summed E-state index contributed by atoms with van der Waals surface area (Å²) in [6.07, 6.45) is 42.1. The molecule has 0 aromatic rings. The maximum absolute atomic E-state index is 8.53. The lowest BCUT2D eigenvalue weighted by Crippen LogP contribution is -2.14. The highest BCUT2D eigenvalue weighted by molar-refractivity contribution is 5.05. The van der Waals surface area contributed by atoms with Crippen LogP contribution < -0.4 is 33.6 Å². The van der Waals surface area contributed by atoms with Gasteiger partial charge in [0.05, 0.1) is 0 Å². The van der Waals surface area contributed by atoms with Crippen LogP contribution in [-0.2, 0) is 0 Å². The van der Waals surface area contributed by atoms with Gasteiger partial charge in [0.25, 0.3) is 0 Å². The van der Waals surface area contributed by atoms with E-state index in [0.717, 1.165) is 69.7 Å². The molecule has 0 radical (unpaired) electrons. The predicted octanol–water partition coefficient (Wildman–Crippen LogP) is 13.2. The molecule has 0 aromatic carbocycles. The first-order valence-corrected chi connectivity index (χ1v) is 23.5. The first-order valence-electron chi connectivity index (χ1n) is 23.5. The van der Waals surface area contributed by atoms with Crippen LogP contribution >= 0.6 is 0 Å². The van der Waals surface area contributed by atoms with Crippen molar-refractivity contribution in [2.24, 2.45) is 22.9 Å². The molecule has 0 atom stereocenters. The Morgan fingerprint density at radius 3 is 1.50 bits per heavy atom. The fraction of sp³-hybridized carbons (Fsp3) is 0.660. The molecule has 0 spiro atoms. The van der Waals surface area contributed by atoms with Crippen molar-refractivity contribution in [3.05, 3.63) is 110 Å². The Kier molecular flexibility index (Phi) is 78.1. The first kappa shape index (κ1) is 68.9. The van der Waals surface area contributed by atoms with Gasteiger partial charge in [-0.2, -0.15) is 0 Å². The van der Waals surface area contributed by atoms with Gasteiger partial charge < -0.3 is 38.7 Å². The smallest absolute Gasteiger partial charge is 0.0431 e. The van der Waals surface area contributed by atoms with Crippen molar-refractivity contribution in [1.82, 2.24) is 10.6 Å². The lowest BCUT2D eigenvalue weighted by atomic mass is 9.97. The molecule has 0 heterocycles. The summed E-state index contributed by atoms with van der Waals surface area (Å²) in [5, 5.41) is 14.6. The third kappa shape index (κ3) is 91.1. The van der Waals surface area contributed by atoms with E-state index in [9.17, 15) is 0 Å². The summed E-state index contributed by atoms with van der Waals surface area (Å²) in [7, 11) is 0. The zero-order chi connectivity index (χ0) is 46.8. The summed E-state index contributed by atoms with van der Waals surface area (Å²) in [4.78, 5) is 0. The van der Waals surface area contributed by atoms with Crippen LogP contribution in [0.25, 0.3) is 0 Å². The molecule has 1 rings (SSSR count). The van der Waals surface area contributed by atoms with Crippen LogP contribution in [0.2, 0.25) is 0 Å². The molecule has 0 saturated carbocycles. The van der Waals surface area contributed by atoms with E-state index >= 15 is 0 Å². The van der Waals surface area contributed by atoms with Gasteiger partial charge in [-0.05, 0) is 138 Å². The summed E-state index contributed by atoms with van der Waals surface area (Å²) in [6, 6.07) is 0. The van der Waals surface area contributed by atoms with Gasteiger partial charge in [0, 0.05) is 37.6 Å². The zero-order valence-corrected chi connectivity index (χ0v) is 41.0. The van der Waals surface area contributed by atoms with E-state index in [-0.39, 0.29) is 0 Å². The predicted molar refractivity (Wildman–Crippen MR) is 278 cm³/mol. The number of hydrogen-bond acceptors (Lipinski definition) is 7. The number of aliphatic hydroxyl groups excluding tert-OH is 1. The highest BCUT2D eigenvalue weighted by atomic mass is 16.2. The fourth-order valence-electron chi connectivity index (χ4n) is 5.23. The van der Waals surface area contributed by atoms with Crippen LogP contribution in [-0.4, -0.2) is 51.0 Å². The van der Waals surface area contributed by atoms with Gasteiger partial charge in [-0.3, -0.25) is 0 Å². The van der Waals surface area contributed by atoms with Gasteiger partial charge in [-0.1, -0.05) is 144 Å². The van der Waals surface area contributed by atoms with Crippen LogP contribution in [0, 0.1) is 0 Å². The Balaban J connectivity index is -0.000000144. The molecule has 0 unspecified atom stereocenters. The van der Waals surface area contributed by atoms with Crippen molar-refractivity contribution in [2.75, 3.05) is 45.9 Å². The zero-order valence-electron chi connectivity index (χ0n) is 41.0. The van der Waals surface area contributed by atoms with Crippen molar-refractivity contribution >= 4 is 0 Å². The van der Waals surface area contributed by atoms with E-state index in [1.807, 2.05) is 39.8 Å². The number of unbranched alkanes of at least 4 members (excludes halogenated alkanes) is 13. The lowest BCUT2D eigenvalue weighted by Gasteiger charge is -2.10. The minimum absolute atomic E-state index is 0.358. The van der Waals surface area contributed by atoms with Crippen molar-refractivity contribution in [1.29, 1.82) is 0 Å². The maximum Gasteiger partial charge on any atom is 0.0431 e. The minimum Gasteiger partial charge on any atom is -0.396 e. The van der Waals surface area contributed by atoms with Gasteiger partial charge in [-0.15, -0.1) is 19.7 Å². The Labute approximate surface area is 376 Å². The van der Waals surface area contributed by atoms with E-state index in [1.54, 1.807) is 11.6 Å². The molecular formula is C53H106N6O. The first-order chi connectivity index (χ1) is 28.9. The molecule has 0 amide bonds. The molecule has 0 fully saturated rings. The third-order valence-electron chi connectivity index (χ3n) is 8.46. The normalized spacial score (nSPS) is 11.2. The average molecular weight is 843 g/mol. The topological polar surface area (TPSA) is 148 Å². The summed E-state index contributed by atoms with van der Waals surface area (Å²) in [6.45, 7) is 39.1. The van der Waals surface area contributed by atoms with Crippen molar-refractivity contribution in [2.45, 2.75) is 183 Å². The second-order valence-electron chi connectivity index (χ2n) is 15.3. The third-order valence-corrected chi connectivity index (χ3v) is 8.46. The number of hydrogen-bond donors (Lipinski definition) is 7. The number of likely N-dealkylation sites (N-methyl/N-ethyl adjacent to an activating group) is 1. The second-order valence-corrected chi connectivity index (χ2v) is 15.3. The number of rotatable bonds is 29. The van der Waals surface area contributed by atoms with Gasteiger partial charge in [0.2, 0.25) is 0 Å².